The third-order valence-corrected chi connectivity index (χ3v) is 3.73. The second kappa shape index (κ2) is 6.19. The summed E-state index contributed by atoms with van der Waals surface area (Å²) in [4.78, 5) is 21.6. The average Bonchev–Trinajstić information content (AvgIpc) is 2.27. The summed E-state index contributed by atoms with van der Waals surface area (Å²) in [7, 11) is -3.95. The van der Waals surface area contributed by atoms with Crippen molar-refractivity contribution < 1.29 is 23.1 Å². The Hall–Kier alpha value is -2.09. The predicted molar refractivity (Wildman–Crippen MR) is 67.2 cm³/mol. The monoisotopic (exact) mass is 286 g/mol. The molecule has 1 rings (SSSR count). The number of amides is 2. The van der Waals surface area contributed by atoms with Gasteiger partial charge in [-0.2, -0.15) is 0 Å². The SMILES string of the molecule is Cc1ccccc1S(=O)(=O)NC(=O)NCCC(=O)O. The van der Waals surface area contributed by atoms with E-state index >= 15 is 0 Å². The van der Waals surface area contributed by atoms with Crippen LogP contribution in [0, 0.1) is 6.92 Å². The minimum Gasteiger partial charge on any atom is -0.481 e. The van der Waals surface area contributed by atoms with Crippen molar-refractivity contribution in [2.75, 3.05) is 6.54 Å². The minimum atomic E-state index is -3.95. The van der Waals surface area contributed by atoms with Crippen LogP contribution < -0.4 is 10.0 Å². The molecule has 0 radical (unpaired) electrons. The van der Waals surface area contributed by atoms with Crippen molar-refractivity contribution in [2.45, 2.75) is 18.2 Å². The first-order valence-electron chi connectivity index (χ1n) is 5.41. The second-order valence-corrected chi connectivity index (χ2v) is 5.42. The van der Waals surface area contributed by atoms with E-state index in [1.54, 1.807) is 25.1 Å². The van der Waals surface area contributed by atoms with E-state index < -0.39 is 22.0 Å². The number of aryl methyl sites for hydroxylation is 1. The first kappa shape index (κ1) is 15.0. The third-order valence-electron chi connectivity index (χ3n) is 2.23. The molecule has 0 heterocycles. The zero-order valence-electron chi connectivity index (χ0n) is 10.2. The van der Waals surface area contributed by atoms with Crippen molar-refractivity contribution in [2.24, 2.45) is 0 Å². The molecular formula is C11H14N2O5S. The number of carbonyl (C=O) groups is 2. The number of carboxylic acids is 1. The lowest BCUT2D eigenvalue weighted by Crippen LogP contribution is -2.40. The molecular weight excluding hydrogens is 272 g/mol. The number of carbonyl (C=O) groups excluding carboxylic acids is 1. The van der Waals surface area contributed by atoms with Crippen LogP contribution in [0.4, 0.5) is 4.79 Å². The summed E-state index contributed by atoms with van der Waals surface area (Å²) in [5.74, 6) is -1.08. The minimum absolute atomic E-state index is 0.00313. The Kier molecular flexibility index (Phi) is 4.87. The summed E-state index contributed by atoms with van der Waals surface area (Å²) in [6.45, 7) is 1.46. The molecule has 7 nitrogen and oxygen atoms in total. The van der Waals surface area contributed by atoms with Crippen molar-refractivity contribution in [3.05, 3.63) is 29.8 Å². The van der Waals surface area contributed by atoms with Crippen LogP contribution in [0.5, 0.6) is 0 Å². The van der Waals surface area contributed by atoms with Crippen LogP contribution in [0.1, 0.15) is 12.0 Å². The molecule has 8 heteroatoms. The number of sulfonamides is 1. The van der Waals surface area contributed by atoms with Crippen LogP contribution in [0.25, 0.3) is 0 Å². The van der Waals surface area contributed by atoms with Crippen LogP contribution >= 0.6 is 0 Å². The van der Waals surface area contributed by atoms with Gasteiger partial charge in [0.15, 0.2) is 0 Å². The average molecular weight is 286 g/mol. The number of nitrogens with one attached hydrogen (secondary N) is 2. The summed E-state index contributed by atoms with van der Waals surface area (Å²) in [6.07, 6.45) is -0.280. The zero-order valence-corrected chi connectivity index (χ0v) is 11.0. The fourth-order valence-electron chi connectivity index (χ4n) is 1.35. The summed E-state index contributed by atoms with van der Waals surface area (Å²) in [5, 5.41) is 10.5. The van der Waals surface area contributed by atoms with Gasteiger partial charge in [-0.1, -0.05) is 18.2 Å². The standard InChI is InChI=1S/C11H14N2O5S/c1-8-4-2-3-5-9(8)19(17,18)13-11(16)12-7-6-10(14)15/h2-5H,6-7H2,1H3,(H,14,15)(H2,12,13,16). The van der Waals surface area contributed by atoms with Crippen molar-refractivity contribution in [3.63, 3.8) is 0 Å². The highest BCUT2D eigenvalue weighted by atomic mass is 32.2. The molecule has 1 aromatic rings. The highest BCUT2D eigenvalue weighted by Crippen LogP contribution is 2.13. The van der Waals surface area contributed by atoms with Crippen LogP contribution in [0.3, 0.4) is 0 Å². The summed E-state index contributed by atoms with van der Waals surface area (Å²) < 4.78 is 25.6. The van der Waals surface area contributed by atoms with Crippen molar-refractivity contribution in [1.29, 1.82) is 0 Å². The fourth-order valence-corrected chi connectivity index (χ4v) is 2.53. The van der Waals surface area contributed by atoms with Gasteiger partial charge in [0.05, 0.1) is 11.3 Å². The van der Waals surface area contributed by atoms with E-state index in [1.807, 2.05) is 4.72 Å². The van der Waals surface area contributed by atoms with Crippen molar-refractivity contribution in [1.82, 2.24) is 10.0 Å². The van der Waals surface area contributed by atoms with Gasteiger partial charge in [0.25, 0.3) is 10.0 Å². The van der Waals surface area contributed by atoms with Crippen LogP contribution in [-0.4, -0.2) is 32.1 Å². The Bertz CT molecular complexity index is 583. The Labute approximate surface area is 110 Å². The van der Waals surface area contributed by atoms with Crippen LogP contribution in [-0.2, 0) is 14.8 Å². The van der Waals surface area contributed by atoms with Crippen LogP contribution in [0.15, 0.2) is 29.2 Å². The molecule has 0 aliphatic heterocycles. The fraction of sp³-hybridized carbons (Fsp3) is 0.273. The van der Waals surface area contributed by atoms with Gasteiger partial charge in [-0.3, -0.25) is 4.79 Å². The van der Waals surface area contributed by atoms with E-state index in [0.29, 0.717) is 5.56 Å². The van der Waals surface area contributed by atoms with Gasteiger partial charge in [-0.25, -0.2) is 17.9 Å². The first-order chi connectivity index (χ1) is 8.83. The van der Waals surface area contributed by atoms with E-state index in [0.717, 1.165) is 0 Å². The number of urea groups is 1. The maximum atomic E-state index is 11.9. The molecule has 2 amide bonds. The summed E-state index contributed by atoms with van der Waals surface area (Å²) in [5.41, 5.74) is 0.508. The molecule has 0 saturated heterocycles. The lowest BCUT2D eigenvalue weighted by atomic mass is 10.2. The van der Waals surface area contributed by atoms with Gasteiger partial charge < -0.3 is 10.4 Å². The molecule has 0 fully saturated rings. The zero-order chi connectivity index (χ0) is 14.5. The van der Waals surface area contributed by atoms with E-state index in [4.69, 9.17) is 5.11 Å². The molecule has 0 spiro atoms. The van der Waals surface area contributed by atoms with Gasteiger partial charge in [-0.15, -0.1) is 0 Å². The molecule has 0 atom stereocenters. The lowest BCUT2D eigenvalue weighted by molar-refractivity contribution is -0.136. The first-order valence-corrected chi connectivity index (χ1v) is 6.89. The molecule has 0 unspecified atom stereocenters. The van der Waals surface area contributed by atoms with Gasteiger partial charge >= 0.3 is 12.0 Å². The largest absolute Gasteiger partial charge is 0.481 e. The Balaban J connectivity index is 2.68. The molecule has 19 heavy (non-hydrogen) atoms. The molecule has 0 aliphatic rings. The third kappa shape index (κ3) is 4.59. The number of aliphatic carboxylic acids is 1. The molecule has 0 aromatic heterocycles. The maximum absolute atomic E-state index is 11.9. The number of benzene rings is 1. The summed E-state index contributed by atoms with van der Waals surface area (Å²) >= 11 is 0. The molecule has 0 aliphatic carbocycles. The number of rotatable bonds is 5. The van der Waals surface area contributed by atoms with E-state index in [9.17, 15) is 18.0 Å². The molecule has 1 aromatic carbocycles. The van der Waals surface area contributed by atoms with E-state index in [-0.39, 0.29) is 17.9 Å². The van der Waals surface area contributed by atoms with E-state index in [2.05, 4.69) is 5.32 Å². The highest BCUT2D eigenvalue weighted by molar-refractivity contribution is 7.90. The number of hydrogen-bond acceptors (Lipinski definition) is 4. The normalized spacial score (nSPS) is 10.8. The lowest BCUT2D eigenvalue weighted by Gasteiger charge is -2.09. The summed E-state index contributed by atoms with van der Waals surface area (Å²) in [6, 6.07) is 5.26. The van der Waals surface area contributed by atoms with Gasteiger partial charge in [-0.05, 0) is 18.6 Å². The van der Waals surface area contributed by atoms with Gasteiger partial charge in [0, 0.05) is 6.54 Å². The molecule has 0 bridgehead atoms. The highest BCUT2D eigenvalue weighted by Gasteiger charge is 2.19. The topological polar surface area (TPSA) is 113 Å². The Morgan fingerprint density at radius 3 is 2.47 bits per heavy atom. The number of hydrogen-bond donors (Lipinski definition) is 3. The second-order valence-electron chi connectivity index (χ2n) is 3.77. The number of carboxylic acid groups (broad SMARTS) is 1. The molecule has 104 valence electrons. The molecule has 0 saturated carbocycles. The Morgan fingerprint density at radius 2 is 1.89 bits per heavy atom. The van der Waals surface area contributed by atoms with Crippen LogP contribution in [0.2, 0.25) is 0 Å². The van der Waals surface area contributed by atoms with Gasteiger partial charge in [0.2, 0.25) is 0 Å². The van der Waals surface area contributed by atoms with Crippen molar-refractivity contribution in [3.8, 4) is 0 Å². The maximum Gasteiger partial charge on any atom is 0.328 e. The molecule has 3 N–H and O–H groups in total. The Morgan fingerprint density at radius 1 is 1.26 bits per heavy atom. The predicted octanol–water partition coefficient (Wildman–Crippen LogP) is 0.458. The van der Waals surface area contributed by atoms with Crippen molar-refractivity contribution >= 4 is 22.0 Å². The van der Waals surface area contributed by atoms with Gasteiger partial charge in [0.1, 0.15) is 0 Å². The van der Waals surface area contributed by atoms with E-state index in [1.165, 1.54) is 6.07 Å². The smallest absolute Gasteiger partial charge is 0.328 e. The quantitative estimate of drug-likeness (QED) is 0.727.